The van der Waals surface area contributed by atoms with Gasteiger partial charge in [0.2, 0.25) is 0 Å². The molecule has 1 spiro atoms. The van der Waals surface area contributed by atoms with Gasteiger partial charge in [-0.2, -0.15) is 0 Å². The highest BCUT2D eigenvalue weighted by Gasteiger charge is 2.59. The van der Waals surface area contributed by atoms with Gasteiger partial charge in [-0.1, -0.05) is 76.6 Å². The molecule has 0 saturated carbocycles. The first-order valence-corrected chi connectivity index (χ1v) is 11.3. The van der Waals surface area contributed by atoms with Gasteiger partial charge in [-0.3, -0.25) is 4.99 Å². The summed E-state index contributed by atoms with van der Waals surface area (Å²) < 4.78 is 7.81. The van der Waals surface area contributed by atoms with Gasteiger partial charge >= 0.3 is 0 Å². The van der Waals surface area contributed by atoms with Crippen LogP contribution in [0.3, 0.4) is 0 Å². The molecule has 1 unspecified atom stereocenters. The fourth-order valence-corrected chi connectivity index (χ4v) is 6.27. The molecule has 0 aromatic heterocycles. The molecule has 2 heterocycles. The zero-order chi connectivity index (χ0) is 19.0. The van der Waals surface area contributed by atoms with Gasteiger partial charge in [-0.25, -0.2) is 0 Å². The van der Waals surface area contributed by atoms with Crippen molar-refractivity contribution >= 4 is 39.6 Å². The maximum atomic E-state index is 6.76. The van der Waals surface area contributed by atoms with E-state index in [1.54, 1.807) is 0 Å². The first-order valence-electron chi connectivity index (χ1n) is 9.50. The summed E-state index contributed by atoms with van der Waals surface area (Å²) in [4.78, 5) is 4.39. The Labute approximate surface area is 178 Å². The molecule has 3 aromatic rings. The lowest BCUT2D eigenvalue weighted by Crippen LogP contribution is -2.54. The topological polar surface area (TPSA) is 21.6 Å². The van der Waals surface area contributed by atoms with Crippen LogP contribution in [0, 0.1) is 0 Å². The van der Waals surface area contributed by atoms with Crippen LogP contribution >= 0.6 is 27.7 Å². The number of aliphatic imine (C=N–C) groups is 1. The lowest BCUT2D eigenvalue weighted by molar-refractivity contribution is -0.0104. The van der Waals surface area contributed by atoms with E-state index in [4.69, 9.17) is 9.73 Å². The van der Waals surface area contributed by atoms with E-state index >= 15 is 0 Å². The third kappa shape index (κ3) is 2.62. The fourth-order valence-electron chi connectivity index (χ4n) is 4.36. The Morgan fingerprint density at radius 1 is 0.893 bits per heavy atom. The fraction of sp³-hybridized carbons (Fsp3) is 0.208. The molecule has 1 atom stereocenters. The SMILES string of the molecule is Brc1ccc2c(c1)C1(OCCCS1)C(c1ccccc1)(c1ccccc1)C=N2. The molecule has 2 aliphatic rings. The summed E-state index contributed by atoms with van der Waals surface area (Å²) in [6, 6.07) is 27.6. The van der Waals surface area contributed by atoms with E-state index in [0.717, 1.165) is 34.5 Å². The average molecular weight is 450 g/mol. The first-order chi connectivity index (χ1) is 13.8. The van der Waals surface area contributed by atoms with Crippen LogP contribution in [0.1, 0.15) is 23.1 Å². The summed E-state index contributed by atoms with van der Waals surface area (Å²) in [7, 11) is 0. The summed E-state index contributed by atoms with van der Waals surface area (Å²) in [5, 5.41) is 0. The number of fused-ring (bicyclic) bond motifs is 2. The number of hydrogen-bond donors (Lipinski definition) is 0. The van der Waals surface area contributed by atoms with Crippen molar-refractivity contribution in [2.75, 3.05) is 12.4 Å². The molecule has 1 saturated heterocycles. The molecule has 0 aliphatic carbocycles. The van der Waals surface area contributed by atoms with E-state index in [1.165, 1.54) is 11.1 Å². The Kier molecular flexibility index (Phi) is 4.66. The van der Waals surface area contributed by atoms with Gasteiger partial charge in [0.25, 0.3) is 0 Å². The molecule has 0 radical (unpaired) electrons. The third-order valence-corrected chi connectivity index (χ3v) is 7.64. The van der Waals surface area contributed by atoms with E-state index in [1.807, 2.05) is 11.8 Å². The normalized spacial score (nSPS) is 22.8. The summed E-state index contributed by atoms with van der Waals surface area (Å²) in [5.41, 5.74) is 4.02. The quantitative estimate of drug-likeness (QED) is 0.447. The molecule has 0 bridgehead atoms. The van der Waals surface area contributed by atoms with E-state index < -0.39 is 10.3 Å². The molecule has 3 aromatic carbocycles. The maximum Gasteiger partial charge on any atom is 0.160 e. The molecule has 5 rings (SSSR count). The lowest BCUT2D eigenvalue weighted by atomic mass is 9.67. The highest BCUT2D eigenvalue weighted by Crippen LogP contribution is 2.60. The van der Waals surface area contributed by atoms with Crippen LogP contribution in [0.4, 0.5) is 5.69 Å². The summed E-state index contributed by atoms with van der Waals surface area (Å²) in [6.07, 6.45) is 3.18. The van der Waals surface area contributed by atoms with Gasteiger partial charge in [0.05, 0.1) is 11.1 Å². The van der Waals surface area contributed by atoms with Crippen LogP contribution < -0.4 is 0 Å². The van der Waals surface area contributed by atoms with Crippen LogP contribution in [-0.4, -0.2) is 18.6 Å². The van der Waals surface area contributed by atoms with Crippen molar-refractivity contribution in [3.63, 3.8) is 0 Å². The smallest absolute Gasteiger partial charge is 0.160 e. The Morgan fingerprint density at radius 2 is 1.57 bits per heavy atom. The molecule has 140 valence electrons. The van der Waals surface area contributed by atoms with Crippen molar-refractivity contribution in [3.05, 3.63) is 100 Å². The maximum absolute atomic E-state index is 6.76. The van der Waals surface area contributed by atoms with Crippen molar-refractivity contribution in [1.29, 1.82) is 0 Å². The van der Waals surface area contributed by atoms with Crippen molar-refractivity contribution in [1.82, 2.24) is 0 Å². The minimum atomic E-state index is -0.561. The Morgan fingerprint density at radius 3 is 2.18 bits per heavy atom. The van der Waals surface area contributed by atoms with Crippen LogP contribution in [0.2, 0.25) is 0 Å². The van der Waals surface area contributed by atoms with Crippen LogP contribution in [0.25, 0.3) is 0 Å². The van der Waals surface area contributed by atoms with Crippen LogP contribution in [0.15, 0.2) is 88.3 Å². The lowest BCUT2D eigenvalue weighted by Gasteiger charge is -2.52. The number of nitrogens with zero attached hydrogens (tertiary/aromatic N) is 1. The molecule has 0 amide bonds. The Hall–Kier alpha value is -1.88. The van der Waals surface area contributed by atoms with Gasteiger partial charge in [0, 0.05) is 22.9 Å². The first kappa shape index (κ1) is 18.2. The van der Waals surface area contributed by atoms with Crippen LogP contribution in [0.5, 0.6) is 0 Å². The second-order valence-electron chi connectivity index (χ2n) is 7.13. The minimum absolute atomic E-state index is 0.506. The van der Waals surface area contributed by atoms with Crippen molar-refractivity contribution in [2.45, 2.75) is 16.8 Å². The number of halogens is 1. The van der Waals surface area contributed by atoms with Gasteiger partial charge < -0.3 is 4.74 Å². The van der Waals surface area contributed by atoms with Gasteiger partial charge in [-0.05, 0) is 41.5 Å². The van der Waals surface area contributed by atoms with E-state index in [2.05, 4.69) is 101 Å². The second kappa shape index (κ2) is 7.18. The van der Waals surface area contributed by atoms with E-state index in [9.17, 15) is 0 Å². The zero-order valence-corrected chi connectivity index (χ0v) is 17.7. The van der Waals surface area contributed by atoms with Gasteiger partial charge in [0.15, 0.2) is 4.93 Å². The molecular formula is C24H20BrNOS. The van der Waals surface area contributed by atoms with Gasteiger partial charge in [0.1, 0.15) is 0 Å². The highest BCUT2D eigenvalue weighted by molar-refractivity contribution is 9.10. The number of ether oxygens (including phenoxy) is 1. The van der Waals surface area contributed by atoms with E-state index in [-0.39, 0.29) is 0 Å². The van der Waals surface area contributed by atoms with E-state index in [0.29, 0.717) is 0 Å². The standard InChI is InChI=1S/C24H20BrNOS/c25-20-12-13-22-21(16-20)24(27-14-7-15-28-24)23(17-26-22,18-8-3-1-4-9-18)19-10-5-2-6-11-19/h1-6,8-13,16-17H,7,14-15H2. The molecule has 1 fully saturated rings. The van der Waals surface area contributed by atoms with Crippen LogP contribution in [-0.2, 0) is 15.1 Å². The highest BCUT2D eigenvalue weighted by atomic mass is 79.9. The predicted octanol–water partition coefficient (Wildman–Crippen LogP) is 6.46. The molecule has 0 N–H and O–H groups in total. The predicted molar refractivity (Wildman–Crippen MR) is 121 cm³/mol. The molecule has 4 heteroatoms. The Bertz CT molecular complexity index is 974. The largest absolute Gasteiger partial charge is 0.358 e. The number of rotatable bonds is 2. The van der Waals surface area contributed by atoms with Gasteiger partial charge in [-0.15, -0.1) is 11.8 Å². The average Bonchev–Trinajstić information content (AvgIpc) is 2.77. The molecular weight excluding hydrogens is 430 g/mol. The van der Waals surface area contributed by atoms with Crippen molar-refractivity contribution in [3.8, 4) is 0 Å². The molecule has 28 heavy (non-hydrogen) atoms. The van der Waals surface area contributed by atoms with Crippen molar-refractivity contribution < 1.29 is 4.74 Å². The second-order valence-corrected chi connectivity index (χ2v) is 9.31. The monoisotopic (exact) mass is 449 g/mol. The summed E-state index contributed by atoms with van der Waals surface area (Å²) >= 11 is 5.57. The number of benzene rings is 3. The minimum Gasteiger partial charge on any atom is -0.358 e. The van der Waals surface area contributed by atoms with Crippen molar-refractivity contribution in [2.24, 2.45) is 4.99 Å². The molecule has 2 aliphatic heterocycles. The summed E-state index contributed by atoms with van der Waals surface area (Å²) in [6.45, 7) is 0.744. The Balaban J connectivity index is 1.88. The third-order valence-electron chi connectivity index (χ3n) is 5.59. The number of thioether (sulfide) groups is 1. The zero-order valence-electron chi connectivity index (χ0n) is 15.3. The molecule has 2 nitrogen and oxygen atoms in total. The summed E-state index contributed by atoms with van der Waals surface area (Å²) in [5.74, 6) is 1.06. The number of hydrogen-bond acceptors (Lipinski definition) is 3.